The number of nitrogens with zero attached hydrogens (tertiary/aromatic N) is 1. The first-order valence-electron chi connectivity index (χ1n) is 5.49. The van der Waals surface area contributed by atoms with Crippen molar-refractivity contribution in [1.82, 2.24) is 9.71 Å². The Morgan fingerprint density at radius 2 is 2.06 bits per heavy atom. The van der Waals surface area contributed by atoms with Crippen LogP contribution in [0.3, 0.4) is 0 Å². The fraction of sp³-hybridized carbons (Fsp3) is 0.545. The third-order valence-corrected chi connectivity index (χ3v) is 4.43. The van der Waals surface area contributed by atoms with Gasteiger partial charge in [0, 0.05) is 22.9 Å². The van der Waals surface area contributed by atoms with Crippen LogP contribution in [0.25, 0.3) is 0 Å². The van der Waals surface area contributed by atoms with Crippen molar-refractivity contribution >= 4 is 26.0 Å². The van der Waals surface area contributed by atoms with E-state index in [4.69, 9.17) is 0 Å². The van der Waals surface area contributed by atoms with Gasteiger partial charge in [-0.1, -0.05) is 20.8 Å². The van der Waals surface area contributed by atoms with Gasteiger partial charge < -0.3 is 0 Å². The van der Waals surface area contributed by atoms with Gasteiger partial charge in [0.1, 0.15) is 4.90 Å². The minimum atomic E-state index is -3.48. The molecular formula is C11H17BrN2O2S. The summed E-state index contributed by atoms with van der Waals surface area (Å²) in [5.74, 6) is 0.259. The van der Waals surface area contributed by atoms with Crippen molar-refractivity contribution in [1.29, 1.82) is 0 Å². The molecule has 0 radical (unpaired) electrons. The van der Waals surface area contributed by atoms with E-state index in [1.54, 1.807) is 12.3 Å². The second-order valence-electron chi connectivity index (χ2n) is 4.22. The molecule has 0 aliphatic rings. The SMILES string of the molecule is CCC(NS(=O)(=O)c1cncc(Br)c1)C(C)C. The van der Waals surface area contributed by atoms with E-state index in [1.165, 1.54) is 6.20 Å². The number of hydrogen-bond donors (Lipinski definition) is 1. The predicted molar refractivity (Wildman–Crippen MR) is 71.2 cm³/mol. The average molecular weight is 321 g/mol. The standard InChI is InChI=1S/C11H17BrN2O2S/c1-4-11(8(2)3)14-17(15,16)10-5-9(12)6-13-7-10/h5-8,11,14H,4H2,1-3H3. The maximum atomic E-state index is 12.1. The number of rotatable bonds is 5. The summed E-state index contributed by atoms with van der Waals surface area (Å²) in [7, 11) is -3.48. The lowest BCUT2D eigenvalue weighted by molar-refractivity contribution is 0.437. The summed E-state index contributed by atoms with van der Waals surface area (Å²) < 4.78 is 27.5. The fourth-order valence-corrected chi connectivity index (χ4v) is 3.47. The summed E-state index contributed by atoms with van der Waals surface area (Å²) in [4.78, 5) is 4.05. The summed E-state index contributed by atoms with van der Waals surface area (Å²) >= 11 is 3.21. The Bertz CT molecular complexity index is 474. The molecule has 0 saturated heterocycles. The Balaban J connectivity index is 2.96. The van der Waals surface area contributed by atoms with Crippen LogP contribution in [-0.4, -0.2) is 19.4 Å². The summed E-state index contributed by atoms with van der Waals surface area (Å²) in [6.45, 7) is 5.96. The quantitative estimate of drug-likeness (QED) is 0.907. The van der Waals surface area contributed by atoms with Crippen LogP contribution in [0.15, 0.2) is 27.8 Å². The Morgan fingerprint density at radius 1 is 1.41 bits per heavy atom. The molecule has 0 spiro atoms. The first kappa shape index (κ1) is 14.6. The molecule has 0 aliphatic carbocycles. The molecule has 0 amide bonds. The highest BCUT2D eigenvalue weighted by Crippen LogP contribution is 2.16. The molecule has 1 unspecified atom stereocenters. The van der Waals surface area contributed by atoms with Crippen LogP contribution in [0.2, 0.25) is 0 Å². The first-order chi connectivity index (χ1) is 7.86. The van der Waals surface area contributed by atoms with Crippen LogP contribution in [0.1, 0.15) is 27.2 Å². The van der Waals surface area contributed by atoms with E-state index in [-0.39, 0.29) is 16.9 Å². The largest absolute Gasteiger partial charge is 0.262 e. The zero-order valence-electron chi connectivity index (χ0n) is 10.1. The summed E-state index contributed by atoms with van der Waals surface area (Å²) in [5.41, 5.74) is 0. The first-order valence-corrected chi connectivity index (χ1v) is 7.77. The van der Waals surface area contributed by atoms with Crippen molar-refractivity contribution in [3.63, 3.8) is 0 Å². The minimum absolute atomic E-state index is 0.0565. The molecule has 1 N–H and O–H groups in total. The van der Waals surface area contributed by atoms with Gasteiger partial charge in [-0.25, -0.2) is 13.1 Å². The third kappa shape index (κ3) is 4.04. The summed E-state index contributed by atoms with van der Waals surface area (Å²) in [6, 6.07) is 1.49. The predicted octanol–water partition coefficient (Wildman–Crippen LogP) is 2.56. The molecule has 0 bridgehead atoms. The Labute approximate surface area is 111 Å². The molecule has 0 aliphatic heterocycles. The third-order valence-electron chi connectivity index (χ3n) is 2.54. The highest BCUT2D eigenvalue weighted by molar-refractivity contribution is 9.10. The maximum absolute atomic E-state index is 12.1. The van der Waals surface area contributed by atoms with Crippen molar-refractivity contribution in [3.8, 4) is 0 Å². The van der Waals surface area contributed by atoms with Gasteiger partial charge >= 0.3 is 0 Å². The highest BCUT2D eigenvalue weighted by Gasteiger charge is 2.21. The topological polar surface area (TPSA) is 59.1 Å². The van der Waals surface area contributed by atoms with Crippen LogP contribution >= 0.6 is 15.9 Å². The van der Waals surface area contributed by atoms with Crippen molar-refractivity contribution in [2.45, 2.75) is 38.1 Å². The lowest BCUT2D eigenvalue weighted by Gasteiger charge is -2.20. The van der Waals surface area contributed by atoms with E-state index in [2.05, 4.69) is 25.6 Å². The average Bonchev–Trinajstić information content (AvgIpc) is 2.25. The molecule has 17 heavy (non-hydrogen) atoms. The normalized spacial score (nSPS) is 13.9. The number of nitrogens with one attached hydrogen (secondary N) is 1. The van der Waals surface area contributed by atoms with E-state index >= 15 is 0 Å². The molecule has 1 heterocycles. The number of hydrogen-bond acceptors (Lipinski definition) is 3. The molecule has 6 heteroatoms. The van der Waals surface area contributed by atoms with Gasteiger partial charge in [-0.15, -0.1) is 0 Å². The van der Waals surface area contributed by atoms with E-state index in [1.807, 2.05) is 20.8 Å². The molecule has 1 rings (SSSR count). The number of pyridine rings is 1. The van der Waals surface area contributed by atoms with Gasteiger partial charge in [0.2, 0.25) is 10.0 Å². The van der Waals surface area contributed by atoms with Gasteiger partial charge in [-0.2, -0.15) is 0 Å². The Kier molecular flexibility index (Phi) is 5.09. The van der Waals surface area contributed by atoms with Crippen molar-refractivity contribution in [2.24, 2.45) is 5.92 Å². The van der Waals surface area contributed by atoms with Gasteiger partial charge in [0.25, 0.3) is 0 Å². The van der Waals surface area contributed by atoms with Crippen LogP contribution in [0, 0.1) is 5.92 Å². The number of aromatic nitrogens is 1. The van der Waals surface area contributed by atoms with Crippen LogP contribution in [-0.2, 0) is 10.0 Å². The number of sulfonamides is 1. The molecule has 0 fully saturated rings. The number of halogens is 1. The van der Waals surface area contributed by atoms with E-state index in [0.717, 1.165) is 6.42 Å². The zero-order chi connectivity index (χ0) is 13.1. The fourth-order valence-electron chi connectivity index (χ4n) is 1.50. The smallest absolute Gasteiger partial charge is 0.242 e. The molecule has 1 atom stereocenters. The van der Waals surface area contributed by atoms with Crippen molar-refractivity contribution in [3.05, 3.63) is 22.9 Å². The molecule has 96 valence electrons. The van der Waals surface area contributed by atoms with Gasteiger partial charge in [-0.3, -0.25) is 4.98 Å². The maximum Gasteiger partial charge on any atom is 0.242 e. The summed E-state index contributed by atoms with van der Waals surface area (Å²) in [6.07, 6.45) is 3.66. The zero-order valence-corrected chi connectivity index (χ0v) is 12.5. The van der Waals surface area contributed by atoms with Gasteiger partial charge in [0.05, 0.1) is 0 Å². The Morgan fingerprint density at radius 3 is 2.53 bits per heavy atom. The van der Waals surface area contributed by atoms with Crippen molar-refractivity contribution in [2.75, 3.05) is 0 Å². The van der Waals surface area contributed by atoms with Crippen LogP contribution in [0.4, 0.5) is 0 Å². The van der Waals surface area contributed by atoms with Crippen LogP contribution < -0.4 is 4.72 Å². The van der Waals surface area contributed by atoms with Crippen LogP contribution in [0.5, 0.6) is 0 Å². The molecule has 4 nitrogen and oxygen atoms in total. The minimum Gasteiger partial charge on any atom is -0.262 e. The highest BCUT2D eigenvalue weighted by atomic mass is 79.9. The molecule has 1 aromatic heterocycles. The van der Waals surface area contributed by atoms with Crippen molar-refractivity contribution < 1.29 is 8.42 Å². The molecule has 0 aromatic carbocycles. The lowest BCUT2D eigenvalue weighted by Crippen LogP contribution is -2.38. The van der Waals surface area contributed by atoms with E-state index in [9.17, 15) is 8.42 Å². The molecular weight excluding hydrogens is 304 g/mol. The second-order valence-corrected chi connectivity index (χ2v) is 6.85. The second kappa shape index (κ2) is 5.93. The van der Waals surface area contributed by atoms with Gasteiger partial charge in [0.15, 0.2) is 0 Å². The summed E-state index contributed by atoms with van der Waals surface area (Å²) in [5, 5.41) is 0. The lowest BCUT2D eigenvalue weighted by atomic mass is 10.0. The molecule has 0 saturated carbocycles. The van der Waals surface area contributed by atoms with E-state index < -0.39 is 10.0 Å². The van der Waals surface area contributed by atoms with E-state index in [0.29, 0.717) is 4.47 Å². The Hall–Kier alpha value is -0.460. The molecule has 1 aromatic rings. The van der Waals surface area contributed by atoms with Gasteiger partial charge in [-0.05, 0) is 34.3 Å². The monoisotopic (exact) mass is 320 g/mol.